The minimum Gasteiger partial charge on any atom is -0.343 e. The molecule has 0 aliphatic carbocycles. The first kappa shape index (κ1) is 19.6. The summed E-state index contributed by atoms with van der Waals surface area (Å²) in [5, 5.41) is 8.88. The zero-order chi connectivity index (χ0) is 20.2. The van der Waals surface area contributed by atoms with Crippen molar-refractivity contribution in [2.45, 2.75) is 51.5 Å². The van der Waals surface area contributed by atoms with Gasteiger partial charge in [-0.1, -0.05) is 30.3 Å². The SMILES string of the molecule is CC(=O)N1CCc2nnc(C3CCN(C(=O)CCc4ccccc4)CC3)n2CC1. The van der Waals surface area contributed by atoms with Crippen molar-refractivity contribution in [1.29, 1.82) is 0 Å². The molecule has 2 aromatic rings. The first-order chi connectivity index (χ1) is 14.1. The van der Waals surface area contributed by atoms with E-state index in [2.05, 4.69) is 26.9 Å². The van der Waals surface area contributed by atoms with Crippen LogP contribution in [0.5, 0.6) is 0 Å². The van der Waals surface area contributed by atoms with Crippen LogP contribution in [0.3, 0.4) is 0 Å². The smallest absolute Gasteiger partial charge is 0.222 e. The molecule has 2 aliphatic heterocycles. The van der Waals surface area contributed by atoms with Crippen molar-refractivity contribution >= 4 is 11.8 Å². The van der Waals surface area contributed by atoms with Gasteiger partial charge in [0.25, 0.3) is 0 Å². The van der Waals surface area contributed by atoms with Crippen LogP contribution in [0.1, 0.15) is 49.3 Å². The molecule has 0 radical (unpaired) electrons. The van der Waals surface area contributed by atoms with E-state index in [4.69, 9.17) is 0 Å². The summed E-state index contributed by atoms with van der Waals surface area (Å²) in [6, 6.07) is 10.2. The second kappa shape index (κ2) is 8.76. The highest BCUT2D eigenvalue weighted by Gasteiger charge is 2.29. The number of nitrogens with zero attached hydrogens (tertiary/aromatic N) is 5. The molecular weight excluding hydrogens is 366 g/mol. The standard InChI is InChI=1S/C22H29N5O2/c1-17(28)25-14-11-20-23-24-22(27(20)16-15-25)19-9-12-26(13-10-19)21(29)8-7-18-5-3-2-4-6-18/h2-6,19H,7-16H2,1H3. The Bertz CT molecular complexity index is 855. The maximum atomic E-state index is 12.6. The van der Waals surface area contributed by atoms with Crippen molar-refractivity contribution in [3.63, 3.8) is 0 Å². The fourth-order valence-corrected chi connectivity index (χ4v) is 4.40. The summed E-state index contributed by atoms with van der Waals surface area (Å²) in [4.78, 5) is 28.2. The molecule has 0 N–H and O–H groups in total. The fraction of sp³-hybridized carbons (Fsp3) is 0.545. The van der Waals surface area contributed by atoms with Crippen LogP contribution in [0, 0.1) is 0 Å². The Balaban J connectivity index is 1.32. The minimum atomic E-state index is 0.118. The second-order valence-corrected chi connectivity index (χ2v) is 8.02. The molecule has 29 heavy (non-hydrogen) atoms. The number of fused-ring (bicyclic) bond motifs is 1. The van der Waals surface area contributed by atoms with E-state index in [1.165, 1.54) is 5.56 Å². The van der Waals surface area contributed by atoms with Gasteiger partial charge in [0, 0.05) is 58.4 Å². The van der Waals surface area contributed by atoms with Crippen molar-refractivity contribution in [2.24, 2.45) is 0 Å². The monoisotopic (exact) mass is 395 g/mol. The van der Waals surface area contributed by atoms with Crippen molar-refractivity contribution in [1.82, 2.24) is 24.6 Å². The third kappa shape index (κ3) is 4.49. The Morgan fingerprint density at radius 2 is 1.72 bits per heavy atom. The summed E-state index contributed by atoms with van der Waals surface area (Å²) in [5.74, 6) is 2.70. The Kier molecular flexibility index (Phi) is 5.92. The van der Waals surface area contributed by atoms with Gasteiger partial charge in [-0.15, -0.1) is 10.2 Å². The first-order valence-electron chi connectivity index (χ1n) is 10.6. The van der Waals surface area contributed by atoms with E-state index in [1.807, 2.05) is 28.0 Å². The molecule has 0 atom stereocenters. The van der Waals surface area contributed by atoms with E-state index >= 15 is 0 Å². The summed E-state index contributed by atoms with van der Waals surface area (Å²) in [7, 11) is 0. The molecule has 1 aromatic carbocycles. The molecular formula is C22H29N5O2. The topological polar surface area (TPSA) is 71.3 Å². The molecule has 7 heteroatoms. The predicted molar refractivity (Wildman–Crippen MR) is 109 cm³/mol. The van der Waals surface area contributed by atoms with Gasteiger partial charge in [-0.25, -0.2) is 0 Å². The van der Waals surface area contributed by atoms with Crippen LogP contribution in [0.15, 0.2) is 30.3 Å². The number of benzene rings is 1. The van der Waals surface area contributed by atoms with E-state index in [9.17, 15) is 9.59 Å². The van der Waals surface area contributed by atoms with Gasteiger partial charge in [-0.2, -0.15) is 0 Å². The molecule has 154 valence electrons. The van der Waals surface area contributed by atoms with Crippen LogP contribution in [0.4, 0.5) is 0 Å². The number of carbonyl (C=O) groups is 2. The van der Waals surface area contributed by atoms with Gasteiger partial charge in [0.1, 0.15) is 11.6 Å². The lowest BCUT2D eigenvalue weighted by molar-refractivity contribution is -0.132. The van der Waals surface area contributed by atoms with Gasteiger partial charge in [-0.05, 0) is 24.8 Å². The van der Waals surface area contributed by atoms with Crippen molar-refractivity contribution in [3.05, 3.63) is 47.5 Å². The molecule has 0 spiro atoms. The molecule has 4 rings (SSSR count). The van der Waals surface area contributed by atoms with Crippen LogP contribution >= 0.6 is 0 Å². The van der Waals surface area contributed by atoms with E-state index < -0.39 is 0 Å². The zero-order valence-electron chi connectivity index (χ0n) is 17.1. The zero-order valence-corrected chi connectivity index (χ0v) is 17.1. The number of aromatic nitrogens is 3. The predicted octanol–water partition coefficient (Wildman–Crippen LogP) is 2.02. The number of hydrogen-bond acceptors (Lipinski definition) is 4. The Morgan fingerprint density at radius 1 is 0.966 bits per heavy atom. The summed E-state index contributed by atoms with van der Waals surface area (Å²) in [5.41, 5.74) is 1.21. The lowest BCUT2D eigenvalue weighted by atomic mass is 9.95. The average Bonchev–Trinajstić information content (AvgIpc) is 3.03. The van der Waals surface area contributed by atoms with Gasteiger partial charge in [-0.3, -0.25) is 9.59 Å². The third-order valence-electron chi connectivity index (χ3n) is 6.18. The first-order valence-corrected chi connectivity index (χ1v) is 10.6. The molecule has 3 heterocycles. The summed E-state index contributed by atoms with van der Waals surface area (Å²) in [6.07, 6.45) is 3.96. The van der Waals surface area contributed by atoms with Crippen LogP contribution in [0.25, 0.3) is 0 Å². The maximum Gasteiger partial charge on any atom is 0.222 e. The van der Waals surface area contributed by atoms with Gasteiger partial charge < -0.3 is 14.4 Å². The van der Waals surface area contributed by atoms with Gasteiger partial charge in [0.05, 0.1) is 0 Å². The second-order valence-electron chi connectivity index (χ2n) is 8.02. The van der Waals surface area contributed by atoms with Crippen molar-refractivity contribution < 1.29 is 9.59 Å². The lowest BCUT2D eigenvalue weighted by Gasteiger charge is -2.32. The number of aryl methyl sites for hydroxylation is 1. The average molecular weight is 396 g/mol. The Hall–Kier alpha value is -2.70. The summed E-state index contributed by atoms with van der Waals surface area (Å²) >= 11 is 0. The largest absolute Gasteiger partial charge is 0.343 e. The highest BCUT2D eigenvalue weighted by atomic mass is 16.2. The molecule has 0 bridgehead atoms. The number of rotatable bonds is 4. The number of piperidine rings is 1. The Morgan fingerprint density at radius 3 is 2.45 bits per heavy atom. The van der Waals surface area contributed by atoms with E-state index in [1.54, 1.807) is 6.92 Å². The summed E-state index contributed by atoms with van der Waals surface area (Å²) in [6.45, 7) is 5.36. The molecule has 2 amide bonds. The van der Waals surface area contributed by atoms with E-state index in [-0.39, 0.29) is 11.8 Å². The molecule has 2 aliphatic rings. The molecule has 1 aromatic heterocycles. The van der Waals surface area contributed by atoms with Crippen molar-refractivity contribution in [3.8, 4) is 0 Å². The summed E-state index contributed by atoms with van der Waals surface area (Å²) < 4.78 is 2.21. The number of hydrogen-bond donors (Lipinski definition) is 0. The number of amides is 2. The van der Waals surface area contributed by atoms with Gasteiger partial charge >= 0.3 is 0 Å². The van der Waals surface area contributed by atoms with Crippen LogP contribution < -0.4 is 0 Å². The van der Waals surface area contributed by atoms with E-state index in [0.717, 1.165) is 57.0 Å². The van der Waals surface area contributed by atoms with Crippen LogP contribution in [-0.4, -0.2) is 62.6 Å². The third-order valence-corrected chi connectivity index (χ3v) is 6.18. The minimum absolute atomic E-state index is 0.118. The van der Waals surface area contributed by atoms with E-state index in [0.29, 0.717) is 25.4 Å². The molecule has 1 saturated heterocycles. The van der Waals surface area contributed by atoms with Gasteiger partial charge in [0.2, 0.25) is 11.8 Å². The van der Waals surface area contributed by atoms with Crippen molar-refractivity contribution in [2.75, 3.05) is 26.2 Å². The molecule has 0 saturated carbocycles. The quantitative estimate of drug-likeness (QED) is 0.794. The van der Waals surface area contributed by atoms with Crippen LogP contribution in [-0.2, 0) is 29.0 Å². The fourth-order valence-electron chi connectivity index (χ4n) is 4.40. The number of likely N-dealkylation sites (tertiary alicyclic amines) is 1. The highest BCUT2D eigenvalue weighted by molar-refractivity contribution is 5.76. The maximum absolute atomic E-state index is 12.6. The molecule has 0 unspecified atom stereocenters. The highest BCUT2D eigenvalue weighted by Crippen LogP contribution is 2.28. The Labute approximate surface area is 171 Å². The number of carbonyl (C=O) groups excluding carboxylic acids is 2. The van der Waals surface area contributed by atoms with Crippen LogP contribution in [0.2, 0.25) is 0 Å². The lowest BCUT2D eigenvalue weighted by Crippen LogP contribution is -2.38. The normalized spacial score (nSPS) is 17.7. The molecule has 7 nitrogen and oxygen atoms in total. The van der Waals surface area contributed by atoms with Gasteiger partial charge in [0.15, 0.2) is 0 Å². The molecule has 1 fully saturated rings.